The van der Waals surface area contributed by atoms with Gasteiger partial charge < -0.3 is 15.7 Å². The first-order chi connectivity index (χ1) is 6.66. The molecule has 0 aromatic carbocycles. The van der Waals surface area contributed by atoms with E-state index in [1.165, 1.54) is 19.3 Å². The van der Waals surface area contributed by atoms with Gasteiger partial charge in [0.05, 0.1) is 6.10 Å². The summed E-state index contributed by atoms with van der Waals surface area (Å²) in [4.78, 5) is 2.38. The highest BCUT2D eigenvalue weighted by Gasteiger charge is 2.38. The molecule has 2 rings (SSSR count). The lowest BCUT2D eigenvalue weighted by molar-refractivity contribution is 0.137. The number of hydrogen-bond donors (Lipinski definition) is 2. The van der Waals surface area contributed by atoms with Crippen molar-refractivity contribution in [2.75, 3.05) is 19.6 Å². The fourth-order valence-corrected chi connectivity index (χ4v) is 3.13. The zero-order chi connectivity index (χ0) is 10.1. The Labute approximate surface area is 86.3 Å². The number of aliphatic hydroxyl groups is 1. The van der Waals surface area contributed by atoms with Crippen molar-refractivity contribution in [3.8, 4) is 0 Å². The fourth-order valence-electron chi connectivity index (χ4n) is 3.13. The summed E-state index contributed by atoms with van der Waals surface area (Å²) < 4.78 is 0. The van der Waals surface area contributed by atoms with Crippen LogP contribution in [-0.2, 0) is 0 Å². The molecule has 0 amide bonds. The molecule has 3 heteroatoms. The normalized spacial score (nSPS) is 40.9. The van der Waals surface area contributed by atoms with Gasteiger partial charge in [-0.3, -0.25) is 0 Å². The highest BCUT2D eigenvalue weighted by Crippen LogP contribution is 2.35. The standard InChI is InChI=1S/C11H22N2O/c1-8(14)5-13-6-9-3-2-4-11(12)10(9)7-13/h8-11,14H,2-7,12H2,1H3/t8-,9?,10?,11?/m0/s1. The smallest absolute Gasteiger partial charge is 0.0639 e. The number of β-amino-alcohol motifs (C(OH)–C–C–N with tert-alkyl or cyclic N) is 1. The quantitative estimate of drug-likeness (QED) is 0.676. The molecule has 1 aliphatic heterocycles. The van der Waals surface area contributed by atoms with Crippen LogP contribution in [0.2, 0.25) is 0 Å². The van der Waals surface area contributed by atoms with Crippen LogP contribution in [0.5, 0.6) is 0 Å². The lowest BCUT2D eigenvalue weighted by Gasteiger charge is -2.29. The van der Waals surface area contributed by atoms with E-state index in [9.17, 15) is 5.11 Å². The van der Waals surface area contributed by atoms with Gasteiger partial charge in [-0.2, -0.15) is 0 Å². The van der Waals surface area contributed by atoms with Gasteiger partial charge in [-0.25, -0.2) is 0 Å². The summed E-state index contributed by atoms with van der Waals surface area (Å²) in [6, 6.07) is 0.410. The van der Waals surface area contributed by atoms with Gasteiger partial charge >= 0.3 is 0 Å². The van der Waals surface area contributed by atoms with Crippen molar-refractivity contribution < 1.29 is 5.11 Å². The van der Waals surface area contributed by atoms with Crippen LogP contribution in [0.4, 0.5) is 0 Å². The molecule has 1 saturated carbocycles. The van der Waals surface area contributed by atoms with Gasteiger partial charge in [0.1, 0.15) is 0 Å². The number of nitrogens with zero attached hydrogens (tertiary/aromatic N) is 1. The molecule has 4 atom stereocenters. The van der Waals surface area contributed by atoms with Gasteiger partial charge in [0.2, 0.25) is 0 Å². The van der Waals surface area contributed by atoms with Crippen LogP contribution < -0.4 is 5.73 Å². The Bertz CT molecular complexity index is 196. The summed E-state index contributed by atoms with van der Waals surface area (Å²) in [5.74, 6) is 1.50. The number of rotatable bonds is 2. The second kappa shape index (κ2) is 4.17. The second-order valence-electron chi connectivity index (χ2n) is 5.09. The number of fused-ring (bicyclic) bond motifs is 1. The Morgan fingerprint density at radius 2 is 2.21 bits per heavy atom. The maximum atomic E-state index is 9.34. The van der Waals surface area contributed by atoms with Gasteiger partial charge in [-0.1, -0.05) is 6.42 Å². The lowest BCUT2D eigenvalue weighted by Crippen LogP contribution is -2.38. The van der Waals surface area contributed by atoms with Gasteiger partial charge in [0, 0.05) is 25.7 Å². The molecule has 1 heterocycles. The molecule has 3 N–H and O–H groups in total. The SMILES string of the molecule is C[C@H](O)CN1CC2CCCC(N)C2C1. The molecule has 82 valence electrons. The van der Waals surface area contributed by atoms with Crippen molar-refractivity contribution in [1.29, 1.82) is 0 Å². The maximum Gasteiger partial charge on any atom is 0.0639 e. The first kappa shape index (κ1) is 10.4. The van der Waals surface area contributed by atoms with Crippen molar-refractivity contribution in [2.45, 2.75) is 38.3 Å². The Kier molecular flexibility index (Phi) is 3.10. The molecule has 3 nitrogen and oxygen atoms in total. The van der Waals surface area contributed by atoms with Gasteiger partial charge in [0.15, 0.2) is 0 Å². The largest absolute Gasteiger partial charge is 0.392 e. The van der Waals surface area contributed by atoms with Gasteiger partial charge in [-0.15, -0.1) is 0 Å². The van der Waals surface area contributed by atoms with Crippen molar-refractivity contribution in [3.63, 3.8) is 0 Å². The number of aliphatic hydroxyl groups excluding tert-OH is 1. The highest BCUT2D eigenvalue weighted by atomic mass is 16.3. The molecule has 1 saturated heterocycles. The van der Waals surface area contributed by atoms with Crippen molar-refractivity contribution in [3.05, 3.63) is 0 Å². The fraction of sp³-hybridized carbons (Fsp3) is 1.00. The third-order valence-corrected chi connectivity index (χ3v) is 3.75. The molecule has 0 radical (unpaired) electrons. The zero-order valence-corrected chi connectivity index (χ0v) is 9.02. The van der Waals surface area contributed by atoms with E-state index in [-0.39, 0.29) is 6.10 Å². The third kappa shape index (κ3) is 2.10. The van der Waals surface area contributed by atoms with Crippen LogP contribution in [0.25, 0.3) is 0 Å². The summed E-state index contributed by atoms with van der Waals surface area (Å²) >= 11 is 0. The summed E-state index contributed by atoms with van der Waals surface area (Å²) in [5, 5.41) is 9.34. The molecule has 0 aromatic rings. The number of nitrogens with two attached hydrogens (primary N) is 1. The second-order valence-corrected chi connectivity index (χ2v) is 5.09. The lowest BCUT2D eigenvalue weighted by atomic mass is 9.78. The van der Waals surface area contributed by atoms with Crippen molar-refractivity contribution in [2.24, 2.45) is 17.6 Å². The molecule has 2 aliphatic rings. The van der Waals surface area contributed by atoms with E-state index >= 15 is 0 Å². The van der Waals surface area contributed by atoms with E-state index in [1.807, 2.05) is 6.92 Å². The number of hydrogen-bond acceptors (Lipinski definition) is 3. The Hall–Kier alpha value is -0.120. The van der Waals surface area contributed by atoms with E-state index in [0.717, 1.165) is 25.6 Å². The van der Waals surface area contributed by atoms with Crippen molar-refractivity contribution >= 4 is 0 Å². The summed E-state index contributed by atoms with van der Waals surface area (Å²) in [6.07, 6.45) is 3.63. The molecule has 2 fully saturated rings. The molecular formula is C11H22N2O. The van der Waals surface area contributed by atoms with Crippen LogP contribution in [-0.4, -0.2) is 41.8 Å². The van der Waals surface area contributed by atoms with E-state index in [1.54, 1.807) is 0 Å². The van der Waals surface area contributed by atoms with Crippen molar-refractivity contribution in [1.82, 2.24) is 4.90 Å². The number of likely N-dealkylation sites (tertiary alicyclic amines) is 1. The van der Waals surface area contributed by atoms with Gasteiger partial charge in [0.25, 0.3) is 0 Å². The highest BCUT2D eigenvalue weighted by molar-refractivity contribution is 4.93. The van der Waals surface area contributed by atoms with Gasteiger partial charge in [-0.05, 0) is 31.6 Å². The minimum absolute atomic E-state index is 0.202. The van der Waals surface area contributed by atoms with Crippen LogP contribution in [0.3, 0.4) is 0 Å². The third-order valence-electron chi connectivity index (χ3n) is 3.75. The summed E-state index contributed by atoms with van der Waals surface area (Å²) in [5.41, 5.74) is 6.12. The monoisotopic (exact) mass is 198 g/mol. The molecule has 0 aromatic heterocycles. The van der Waals surface area contributed by atoms with Crippen LogP contribution in [0.15, 0.2) is 0 Å². The van der Waals surface area contributed by atoms with Crippen LogP contribution in [0, 0.1) is 11.8 Å². The molecule has 14 heavy (non-hydrogen) atoms. The molecule has 0 spiro atoms. The van der Waals surface area contributed by atoms with E-state index < -0.39 is 0 Å². The topological polar surface area (TPSA) is 49.5 Å². The predicted molar refractivity (Wildman–Crippen MR) is 56.9 cm³/mol. The minimum atomic E-state index is -0.202. The molecule has 1 aliphatic carbocycles. The zero-order valence-electron chi connectivity index (χ0n) is 9.02. The van der Waals surface area contributed by atoms with E-state index in [0.29, 0.717) is 12.0 Å². The Balaban J connectivity index is 1.90. The average molecular weight is 198 g/mol. The Morgan fingerprint density at radius 1 is 1.43 bits per heavy atom. The van der Waals surface area contributed by atoms with E-state index in [2.05, 4.69) is 4.90 Å². The molecule has 0 bridgehead atoms. The predicted octanol–water partition coefficient (Wildman–Crippen LogP) is 0.426. The van der Waals surface area contributed by atoms with E-state index in [4.69, 9.17) is 5.73 Å². The summed E-state index contributed by atoms with van der Waals surface area (Å²) in [7, 11) is 0. The average Bonchev–Trinajstić information content (AvgIpc) is 2.47. The first-order valence-corrected chi connectivity index (χ1v) is 5.83. The van der Waals surface area contributed by atoms with Crippen LogP contribution in [0.1, 0.15) is 26.2 Å². The minimum Gasteiger partial charge on any atom is -0.392 e. The van der Waals surface area contributed by atoms with Crippen LogP contribution >= 0.6 is 0 Å². The maximum absolute atomic E-state index is 9.34. The summed E-state index contributed by atoms with van der Waals surface area (Å²) in [6.45, 7) is 4.95. The Morgan fingerprint density at radius 3 is 2.86 bits per heavy atom. The first-order valence-electron chi connectivity index (χ1n) is 5.83. The molecule has 3 unspecified atom stereocenters. The molecular weight excluding hydrogens is 176 g/mol.